The summed E-state index contributed by atoms with van der Waals surface area (Å²) in [5.41, 5.74) is 11.4. The molecule has 0 saturated heterocycles. The van der Waals surface area contributed by atoms with E-state index in [0.717, 1.165) is 72.9 Å². The molecule has 5 nitrogen and oxygen atoms in total. The molecule has 0 amide bonds. The lowest BCUT2D eigenvalue weighted by molar-refractivity contribution is 0.669. The van der Waals surface area contributed by atoms with Gasteiger partial charge < -0.3 is 8.98 Å². The highest BCUT2D eigenvalue weighted by Crippen LogP contribution is 2.46. The van der Waals surface area contributed by atoms with Gasteiger partial charge >= 0.3 is 0 Å². The Morgan fingerprint density at radius 3 is 1.77 bits per heavy atom. The van der Waals surface area contributed by atoms with Gasteiger partial charge in [0.15, 0.2) is 17.5 Å². The van der Waals surface area contributed by atoms with E-state index in [4.69, 9.17) is 19.4 Å². The fourth-order valence-electron chi connectivity index (χ4n) is 8.42. The second-order valence-corrected chi connectivity index (χ2v) is 14.3. The van der Waals surface area contributed by atoms with E-state index >= 15 is 0 Å². The third-order valence-corrected chi connectivity index (χ3v) is 11.0. The van der Waals surface area contributed by atoms with Crippen molar-refractivity contribution in [3.63, 3.8) is 0 Å². The molecule has 0 fully saturated rings. The summed E-state index contributed by atoms with van der Waals surface area (Å²) >= 11 is 0. The molecule has 11 rings (SSSR count). The summed E-state index contributed by atoms with van der Waals surface area (Å²) in [5, 5.41) is 4.63. The summed E-state index contributed by atoms with van der Waals surface area (Å²) in [4.78, 5) is 15.4. The third-order valence-electron chi connectivity index (χ3n) is 11.0. The molecule has 3 heterocycles. The second-order valence-electron chi connectivity index (χ2n) is 14.3. The van der Waals surface area contributed by atoms with Gasteiger partial charge in [-0.15, -0.1) is 0 Å². The first-order chi connectivity index (χ1) is 27.8. The zero-order chi connectivity index (χ0) is 37.0. The molecule has 56 heavy (non-hydrogen) atoms. The van der Waals surface area contributed by atoms with Crippen molar-refractivity contribution in [2.24, 2.45) is 0 Å². The molecule has 0 saturated carbocycles. The Hall–Kier alpha value is -7.37. The van der Waals surface area contributed by atoms with Crippen LogP contribution in [0.25, 0.3) is 94.7 Å². The Kier molecular flexibility index (Phi) is 7.56. The highest BCUT2D eigenvalue weighted by Gasteiger charge is 2.26. The average molecular weight is 719 g/mol. The molecule has 10 aromatic rings. The van der Waals surface area contributed by atoms with Gasteiger partial charge in [0.1, 0.15) is 11.2 Å². The van der Waals surface area contributed by atoms with Crippen molar-refractivity contribution in [3.8, 4) is 51.0 Å². The van der Waals surface area contributed by atoms with E-state index in [0.29, 0.717) is 17.5 Å². The Bertz CT molecular complexity index is 3100. The van der Waals surface area contributed by atoms with Crippen molar-refractivity contribution in [1.82, 2.24) is 19.5 Å². The summed E-state index contributed by atoms with van der Waals surface area (Å²) in [7, 11) is 0. The average Bonchev–Trinajstić information content (AvgIpc) is 3.82. The maximum absolute atomic E-state index is 6.44. The van der Waals surface area contributed by atoms with Crippen molar-refractivity contribution < 1.29 is 4.42 Å². The van der Waals surface area contributed by atoms with Crippen LogP contribution in [0.3, 0.4) is 0 Å². The van der Waals surface area contributed by atoms with Crippen molar-refractivity contribution in [2.45, 2.75) is 12.3 Å². The molecule has 0 bridgehead atoms. The van der Waals surface area contributed by atoms with Crippen LogP contribution in [-0.2, 0) is 0 Å². The predicted molar refractivity (Wildman–Crippen MR) is 229 cm³/mol. The minimum absolute atomic E-state index is 0.108. The van der Waals surface area contributed by atoms with Crippen molar-refractivity contribution in [2.75, 3.05) is 0 Å². The van der Waals surface area contributed by atoms with Crippen LogP contribution in [0.15, 0.2) is 193 Å². The predicted octanol–water partition coefficient (Wildman–Crippen LogP) is 13.1. The summed E-state index contributed by atoms with van der Waals surface area (Å²) in [5.74, 6) is 2.02. The minimum atomic E-state index is 0.108. The highest BCUT2D eigenvalue weighted by molar-refractivity contribution is 6.27. The van der Waals surface area contributed by atoms with Gasteiger partial charge in [-0.3, -0.25) is 0 Å². The van der Waals surface area contributed by atoms with Gasteiger partial charge in [0.05, 0.1) is 16.7 Å². The molecule has 1 aliphatic rings. The van der Waals surface area contributed by atoms with Crippen LogP contribution in [0, 0.1) is 0 Å². The monoisotopic (exact) mass is 718 g/mol. The lowest BCUT2D eigenvalue weighted by atomic mass is 9.86. The molecule has 1 unspecified atom stereocenters. The van der Waals surface area contributed by atoms with E-state index < -0.39 is 0 Å². The number of hydrogen-bond donors (Lipinski definition) is 0. The number of nitrogens with zero attached hydrogens (tertiary/aromatic N) is 4. The first-order valence-corrected chi connectivity index (χ1v) is 19.1. The molecular formula is C51H34N4O. The lowest BCUT2D eigenvalue weighted by Crippen LogP contribution is -2.08. The molecule has 5 heteroatoms. The number of rotatable bonds is 6. The normalized spacial score (nSPS) is 14.0. The highest BCUT2D eigenvalue weighted by atomic mass is 16.3. The summed E-state index contributed by atoms with van der Waals surface area (Å²) in [6, 6.07) is 57.2. The summed E-state index contributed by atoms with van der Waals surface area (Å²) in [6.07, 6.45) is 9.77. The van der Waals surface area contributed by atoms with Gasteiger partial charge in [-0.2, -0.15) is 0 Å². The van der Waals surface area contributed by atoms with Gasteiger partial charge in [0.25, 0.3) is 0 Å². The van der Waals surface area contributed by atoms with Crippen molar-refractivity contribution in [1.29, 1.82) is 0 Å². The number of allylic oxidation sites excluding steroid dienone is 4. The molecule has 0 radical (unpaired) electrons. The molecule has 0 spiro atoms. The third kappa shape index (κ3) is 5.28. The molecule has 264 valence electrons. The van der Waals surface area contributed by atoms with Crippen LogP contribution in [0.5, 0.6) is 0 Å². The van der Waals surface area contributed by atoms with Crippen LogP contribution in [0.4, 0.5) is 0 Å². The molecule has 1 atom stereocenters. The molecule has 7 aromatic carbocycles. The standard InChI is InChI=1S/C51H34N4O/c1-5-17-33(18-6-1)40-31-37(51-53-49(35-21-9-3-10-22-35)52-50(54-51)36-23-11-4-12-24-36)32-41(34-19-7-2-8-20-34)48(40)55-42-27-15-13-25-38(42)46-43(55)29-30-45-47(46)39-26-14-16-28-44(39)56-45/h1-19,21-32,34H,20H2. The van der Waals surface area contributed by atoms with Crippen LogP contribution < -0.4 is 0 Å². The second kappa shape index (κ2) is 13.2. The van der Waals surface area contributed by atoms with Crippen LogP contribution >= 0.6 is 0 Å². The molecule has 0 N–H and O–H groups in total. The molecule has 0 aliphatic heterocycles. The topological polar surface area (TPSA) is 56.7 Å². The zero-order valence-corrected chi connectivity index (χ0v) is 30.4. The van der Waals surface area contributed by atoms with Gasteiger partial charge in [0, 0.05) is 49.7 Å². The van der Waals surface area contributed by atoms with E-state index in [2.05, 4.69) is 150 Å². The maximum atomic E-state index is 6.44. The molecule has 3 aromatic heterocycles. The number of benzene rings is 7. The largest absolute Gasteiger partial charge is 0.456 e. The maximum Gasteiger partial charge on any atom is 0.164 e. The number of fused-ring (bicyclic) bond motifs is 7. The fraction of sp³-hybridized carbons (Fsp3) is 0.0392. The first kappa shape index (κ1) is 32.1. The van der Waals surface area contributed by atoms with Gasteiger partial charge in [-0.1, -0.05) is 152 Å². The smallest absolute Gasteiger partial charge is 0.164 e. The van der Waals surface area contributed by atoms with Crippen LogP contribution in [-0.4, -0.2) is 19.5 Å². The number of furan rings is 1. The Balaban J connectivity index is 1.26. The zero-order valence-electron chi connectivity index (χ0n) is 30.4. The fourth-order valence-corrected chi connectivity index (χ4v) is 8.42. The Morgan fingerprint density at radius 2 is 1.09 bits per heavy atom. The van der Waals surface area contributed by atoms with E-state index in [1.54, 1.807) is 0 Å². The van der Waals surface area contributed by atoms with E-state index in [1.807, 2.05) is 42.5 Å². The van der Waals surface area contributed by atoms with Gasteiger partial charge in [-0.25, -0.2) is 15.0 Å². The van der Waals surface area contributed by atoms with Crippen LogP contribution in [0.2, 0.25) is 0 Å². The SMILES string of the molecule is C1=CCC(c2cc(-c3nc(-c4ccccc4)nc(-c4ccccc4)n3)cc(-c3ccccc3)c2-n2c3ccccc3c3c4c(ccc32)oc2ccccc24)C=C1. The number of hydrogen-bond acceptors (Lipinski definition) is 4. The van der Waals surface area contributed by atoms with Crippen molar-refractivity contribution >= 4 is 43.7 Å². The van der Waals surface area contributed by atoms with E-state index in [9.17, 15) is 0 Å². The van der Waals surface area contributed by atoms with Crippen LogP contribution in [0.1, 0.15) is 17.9 Å². The minimum Gasteiger partial charge on any atom is -0.456 e. The lowest BCUT2D eigenvalue weighted by Gasteiger charge is -2.24. The summed E-state index contributed by atoms with van der Waals surface area (Å²) in [6.45, 7) is 0. The first-order valence-electron chi connectivity index (χ1n) is 19.1. The summed E-state index contributed by atoms with van der Waals surface area (Å²) < 4.78 is 8.92. The molecular weight excluding hydrogens is 685 g/mol. The van der Waals surface area contributed by atoms with Gasteiger partial charge in [0.2, 0.25) is 0 Å². The number of aromatic nitrogens is 4. The van der Waals surface area contributed by atoms with E-state index in [1.165, 1.54) is 16.3 Å². The van der Waals surface area contributed by atoms with E-state index in [-0.39, 0.29) is 5.92 Å². The Labute approximate surface area is 323 Å². The quantitative estimate of drug-likeness (QED) is 0.172. The van der Waals surface area contributed by atoms with Crippen molar-refractivity contribution in [3.05, 3.63) is 194 Å². The Morgan fingerprint density at radius 1 is 0.482 bits per heavy atom. The number of para-hydroxylation sites is 2. The molecule has 1 aliphatic carbocycles. The van der Waals surface area contributed by atoms with Gasteiger partial charge in [-0.05, 0) is 53.9 Å².